The zero-order chi connectivity index (χ0) is 15.3. The van der Waals surface area contributed by atoms with Gasteiger partial charge in [-0.2, -0.15) is 0 Å². The first-order chi connectivity index (χ1) is 9.35. The van der Waals surface area contributed by atoms with Crippen LogP contribution in [0.1, 0.15) is 33.3 Å². The Bertz CT molecular complexity index is 397. The predicted octanol–water partition coefficient (Wildman–Crippen LogP) is 3.80. The molecule has 2 nitrogen and oxygen atoms in total. The van der Waals surface area contributed by atoms with Crippen LogP contribution in [0.4, 0.5) is 14.5 Å². The molecular formula is C16H26F2N2. The van der Waals surface area contributed by atoms with Gasteiger partial charge in [-0.25, -0.2) is 8.78 Å². The zero-order valence-corrected chi connectivity index (χ0v) is 13.1. The van der Waals surface area contributed by atoms with Crippen LogP contribution < -0.4 is 10.2 Å². The fraction of sp³-hybridized carbons (Fsp3) is 0.625. The van der Waals surface area contributed by atoms with E-state index >= 15 is 0 Å². The van der Waals surface area contributed by atoms with Gasteiger partial charge >= 0.3 is 0 Å². The normalized spacial score (nSPS) is 11.4. The van der Waals surface area contributed by atoms with E-state index in [2.05, 4.69) is 33.0 Å². The van der Waals surface area contributed by atoms with Crippen molar-refractivity contribution in [1.29, 1.82) is 0 Å². The Morgan fingerprint density at radius 3 is 1.80 bits per heavy atom. The number of nitrogens with zero attached hydrogens (tertiary/aromatic N) is 1. The lowest BCUT2D eigenvalue weighted by molar-refractivity contribution is 0.516. The molecule has 1 N–H and O–H groups in total. The molecule has 0 unspecified atom stereocenters. The minimum atomic E-state index is -0.475. The van der Waals surface area contributed by atoms with Gasteiger partial charge in [0.15, 0.2) is 0 Å². The number of nitrogens with one attached hydrogen (secondary N) is 1. The smallest absolute Gasteiger partial charge is 0.149 e. The maximum Gasteiger partial charge on any atom is 0.149 e. The summed E-state index contributed by atoms with van der Waals surface area (Å²) in [6, 6.07) is 2.84. The predicted molar refractivity (Wildman–Crippen MR) is 81.0 cm³/mol. The molecule has 0 aliphatic rings. The molecule has 1 aromatic carbocycles. The summed E-state index contributed by atoms with van der Waals surface area (Å²) in [4.78, 5) is 1.82. The molecule has 0 radical (unpaired) electrons. The molecule has 0 aromatic heterocycles. The third-order valence-electron chi connectivity index (χ3n) is 2.94. The van der Waals surface area contributed by atoms with Crippen molar-refractivity contribution in [3.05, 3.63) is 29.3 Å². The first-order valence-corrected chi connectivity index (χ1v) is 7.22. The van der Waals surface area contributed by atoms with Gasteiger partial charge in [0.05, 0.1) is 0 Å². The second kappa shape index (κ2) is 7.58. The molecule has 0 aliphatic heterocycles. The van der Waals surface area contributed by atoms with Crippen LogP contribution in [0.2, 0.25) is 0 Å². The standard InChI is InChI=1S/C16H26F2N2/c1-11(2)9-20(10-12(3)4)16-14(17)6-13(8-19-5)7-15(16)18/h6-7,11-12,19H,8-10H2,1-5H3. The molecule has 0 spiro atoms. The fourth-order valence-electron chi connectivity index (χ4n) is 2.36. The summed E-state index contributed by atoms with van der Waals surface area (Å²) in [6.45, 7) is 9.98. The monoisotopic (exact) mass is 284 g/mol. The third kappa shape index (κ3) is 4.75. The van der Waals surface area contributed by atoms with E-state index in [9.17, 15) is 8.78 Å². The lowest BCUT2D eigenvalue weighted by atomic mass is 10.1. The Hall–Kier alpha value is -1.16. The molecule has 1 aromatic rings. The van der Waals surface area contributed by atoms with Gasteiger partial charge in [-0.15, -0.1) is 0 Å². The van der Waals surface area contributed by atoms with E-state index < -0.39 is 11.6 Å². The van der Waals surface area contributed by atoms with Crippen LogP contribution >= 0.6 is 0 Å². The van der Waals surface area contributed by atoms with Crippen molar-refractivity contribution >= 4 is 5.69 Å². The Labute approximate surface area is 121 Å². The number of benzene rings is 1. The van der Waals surface area contributed by atoms with Crippen molar-refractivity contribution in [3.8, 4) is 0 Å². The number of hydrogen-bond donors (Lipinski definition) is 1. The number of rotatable bonds is 7. The van der Waals surface area contributed by atoms with Gasteiger partial charge in [0.1, 0.15) is 17.3 Å². The van der Waals surface area contributed by atoms with Gasteiger partial charge in [-0.1, -0.05) is 27.7 Å². The van der Waals surface area contributed by atoms with Crippen LogP contribution in [0.25, 0.3) is 0 Å². The van der Waals surface area contributed by atoms with Crippen LogP contribution in [0.3, 0.4) is 0 Å². The summed E-state index contributed by atoms with van der Waals surface area (Å²) in [5.74, 6) is -0.248. The van der Waals surface area contributed by atoms with Crippen LogP contribution in [0.5, 0.6) is 0 Å². The molecule has 0 heterocycles. The lowest BCUT2D eigenvalue weighted by Gasteiger charge is -2.29. The summed E-state index contributed by atoms with van der Waals surface area (Å²) in [5.41, 5.74) is 0.729. The Balaban J connectivity index is 3.11. The third-order valence-corrected chi connectivity index (χ3v) is 2.94. The first kappa shape index (κ1) is 16.9. The topological polar surface area (TPSA) is 15.3 Å². The highest BCUT2D eigenvalue weighted by molar-refractivity contribution is 5.51. The number of hydrogen-bond acceptors (Lipinski definition) is 2. The average Bonchev–Trinajstić information content (AvgIpc) is 2.26. The van der Waals surface area contributed by atoms with Gasteiger partial charge in [0, 0.05) is 19.6 Å². The average molecular weight is 284 g/mol. The lowest BCUT2D eigenvalue weighted by Crippen LogP contribution is -2.33. The molecule has 0 bridgehead atoms. The van der Waals surface area contributed by atoms with E-state index in [1.165, 1.54) is 12.1 Å². The van der Waals surface area contributed by atoms with Crippen LogP contribution in [0, 0.1) is 23.5 Å². The molecule has 0 aliphatic carbocycles. The van der Waals surface area contributed by atoms with Crippen molar-refractivity contribution in [2.75, 3.05) is 25.0 Å². The fourth-order valence-corrected chi connectivity index (χ4v) is 2.36. The Morgan fingerprint density at radius 1 is 1.00 bits per heavy atom. The van der Waals surface area contributed by atoms with Crippen LogP contribution in [-0.4, -0.2) is 20.1 Å². The van der Waals surface area contributed by atoms with E-state index in [0.29, 0.717) is 37.0 Å². The maximum absolute atomic E-state index is 14.3. The maximum atomic E-state index is 14.3. The second-order valence-corrected chi connectivity index (χ2v) is 6.13. The highest BCUT2D eigenvalue weighted by Gasteiger charge is 2.19. The summed E-state index contributed by atoms with van der Waals surface area (Å²) >= 11 is 0. The zero-order valence-electron chi connectivity index (χ0n) is 13.1. The highest BCUT2D eigenvalue weighted by Crippen LogP contribution is 2.26. The second-order valence-electron chi connectivity index (χ2n) is 6.13. The van der Waals surface area contributed by atoms with Gasteiger partial charge < -0.3 is 10.2 Å². The van der Waals surface area contributed by atoms with Crippen LogP contribution in [-0.2, 0) is 6.54 Å². The molecule has 4 heteroatoms. The molecule has 1 rings (SSSR count). The van der Waals surface area contributed by atoms with Gasteiger partial charge in [0.25, 0.3) is 0 Å². The van der Waals surface area contributed by atoms with E-state index in [1.54, 1.807) is 7.05 Å². The van der Waals surface area contributed by atoms with Crippen molar-refractivity contribution < 1.29 is 8.78 Å². The molecule has 0 saturated heterocycles. The first-order valence-electron chi connectivity index (χ1n) is 7.22. The van der Waals surface area contributed by atoms with Gasteiger partial charge in [0.2, 0.25) is 0 Å². The molecule has 20 heavy (non-hydrogen) atoms. The molecule has 0 fully saturated rings. The minimum Gasteiger partial charge on any atom is -0.366 e. The largest absolute Gasteiger partial charge is 0.366 e. The van der Waals surface area contributed by atoms with E-state index in [1.807, 2.05) is 4.90 Å². The van der Waals surface area contributed by atoms with Crippen molar-refractivity contribution in [2.45, 2.75) is 34.2 Å². The van der Waals surface area contributed by atoms with Crippen LogP contribution in [0.15, 0.2) is 12.1 Å². The SMILES string of the molecule is CNCc1cc(F)c(N(CC(C)C)CC(C)C)c(F)c1. The van der Waals surface area contributed by atoms with Gasteiger partial charge in [-0.05, 0) is 36.6 Å². The summed E-state index contributed by atoms with van der Waals surface area (Å²) in [5, 5.41) is 2.90. The summed E-state index contributed by atoms with van der Waals surface area (Å²) in [7, 11) is 1.76. The summed E-state index contributed by atoms with van der Waals surface area (Å²) < 4.78 is 28.6. The van der Waals surface area contributed by atoms with Gasteiger partial charge in [-0.3, -0.25) is 0 Å². The molecule has 0 amide bonds. The molecule has 0 atom stereocenters. The highest BCUT2D eigenvalue weighted by atomic mass is 19.1. The Morgan fingerprint density at radius 2 is 1.45 bits per heavy atom. The molecule has 114 valence electrons. The molecular weight excluding hydrogens is 258 g/mol. The quantitative estimate of drug-likeness (QED) is 0.819. The number of anilines is 1. The van der Waals surface area contributed by atoms with E-state index in [0.717, 1.165) is 0 Å². The Kier molecular flexibility index (Phi) is 6.40. The van der Waals surface area contributed by atoms with Crippen molar-refractivity contribution in [1.82, 2.24) is 5.32 Å². The van der Waals surface area contributed by atoms with Crippen molar-refractivity contribution in [3.63, 3.8) is 0 Å². The molecule has 0 saturated carbocycles. The summed E-state index contributed by atoms with van der Waals surface area (Å²) in [6.07, 6.45) is 0. The van der Waals surface area contributed by atoms with Crippen molar-refractivity contribution in [2.24, 2.45) is 11.8 Å². The van der Waals surface area contributed by atoms with E-state index in [-0.39, 0.29) is 5.69 Å². The number of halogens is 2. The minimum absolute atomic E-state index is 0.104. The van der Waals surface area contributed by atoms with E-state index in [4.69, 9.17) is 0 Å².